The monoisotopic (exact) mass is 349 g/mol. The molecule has 0 saturated carbocycles. The Morgan fingerprint density at radius 3 is 2.79 bits per heavy atom. The minimum atomic E-state index is 0.180. The third-order valence-corrected chi connectivity index (χ3v) is 4.30. The second-order valence-corrected chi connectivity index (χ2v) is 6.12. The van der Waals surface area contributed by atoms with Crippen molar-refractivity contribution >= 4 is 23.4 Å². The van der Waals surface area contributed by atoms with Gasteiger partial charge >= 0.3 is 0 Å². The van der Waals surface area contributed by atoms with Crippen molar-refractivity contribution in [2.75, 3.05) is 24.8 Å². The first-order valence-electron chi connectivity index (χ1n) is 7.66. The summed E-state index contributed by atoms with van der Waals surface area (Å²) in [5.74, 6) is 1.58. The number of nitrogens with one attached hydrogen (secondary N) is 1. The normalized spacial score (nSPS) is 16.1. The van der Waals surface area contributed by atoms with Crippen molar-refractivity contribution in [2.45, 2.75) is 32.9 Å². The van der Waals surface area contributed by atoms with Crippen LogP contribution in [-0.4, -0.2) is 34.8 Å². The molecule has 3 N–H and O–H groups in total. The number of hydrogen-bond acceptors (Lipinski definition) is 7. The van der Waals surface area contributed by atoms with E-state index in [9.17, 15) is 0 Å². The van der Waals surface area contributed by atoms with Crippen molar-refractivity contribution in [2.24, 2.45) is 0 Å². The van der Waals surface area contributed by atoms with Crippen LogP contribution in [0, 0.1) is 13.8 Å². The minimum Gasteiger partial charge on any atom is -0.496 e. The summed E-state index contributed by atoms with van der Waals surface area (Å²) in [5, 5.41) is 3.47. The highest BCUT2D eigenvalue weighted by Crippen LogP contribution is 2.27. The van der Waals surface area contributed by atoms with Gasteiger partial charge in [-0.1, -0.05) is 11.6 Å². The molecule has 0 amide bonds. The fourth-order valence-corrected chi connectivity index (χ4v) is 2.82. The van der Waals surface area contributed by atoms with Crippen molar-refractivity contribution < 1.29 is 9.47 Å². The first kappa shape index (κ1) is 16.7. The van der Waals surface area contributed by atoms with E-state index < -0.39 is 0 Å². The van der Waals surface area contributed by atoms with Gasteiger partial charge in [-0.3, -0.25) is 4.98 Å². The van der Waals surface area contributed by atoms with Crippen LogP contribution in [0.25, 0.3) is 0 Å². The van der Waals surface area contributed by atoms with Crippen LogP contribution in [0.3, 0.4) is 0 Å². The maximum Gasteiger partial charge on any atom is 0.226 e. The fourth-order valence-electron chi connectivity index (χ4n) is 2.57. The molecule has 3 rings (SSSR count). The molecular weight excluding hydrogens is 330 g/mol. The molecule has 1 unspecified atom stereocenters. The Hall–Kier alpha value is -2.12. The maximum atomic E-state index is 6.23. The van der Waals surface area contributed by atoms with E-state index in [0.717, 1.165) is 34.7 Å². The lowest BCUT2D eigenvalue weighted by Crippen LogP contribution is -2.11. The molecule has 1 aliphatic heterocycles. The number of hydrogen-bond donors (Lipinski definition) is 2. The predicted molar refractivity (Wildman–Crippen MR) is 92.5 cm³/mol. The highest BCUT2D eigenvalue weighted by molar-refractivity contribution is 6.30. The molecule has 2 aromatic rings. The molecule has 3 heterocycles. The number of methoxy groups -OCH3 is 1. The SMILES string of the molecule is COc1c(C)cnc(CNc2nc(N)c(CC3CO3)c(Cl)n2)c1C. The first-order valence-corrected chi connectivity index (χ1v) is 8.03. The zero-order valence-corrected chi connectivity index (χ0v) is 14.6. The van der Waals surface area contributed by atoms with Gasteiger partial charge in [0, 0.05) is 29.3 Å². The van der Waals surface area contributed by atoms with E-state index in [1.807, 2.05) is 13.8 Å². The Bertz CT molecular complexity index is 741. The van der Waals surface area contributed by atoms with E-state index in [0.29, 0.717) is 29.9 Å². The van der Waals surface area contributed by atoms with E-state index in [2.05, 4.69) is 20.3 Å². The molecule has 1 atom stereocenters. The lowest BCUT2D eigenvalue weighted by molar-refractivity contribution is 0.407. The van der Waals surface area contributed by atoms with Crippen LogP contribution in [0.5, 0.6) is 5.75 Å². The number of ether oxygens (including phenoxy) is 2. The van der Waals surface area contributed by atoms with Gasteiger partial charge in [0.2, 0.25) is 5.95 Å². The Kier molecular flexibility index (Phi) is 4.73. The Morgan fingerprint density at radius 1 is 1.42 bits per heavy atom. The van der Waals surface area contributed by atoms with Gasteiger partial charge in [-0.25, -0.2) is 4.98 Å². The second kappa shape index (κ2) is 6.78. The Morgan fingerprint density at radius 2 is 2.17 bits per heavy atom. The number of nitrogen functional groups attached to an aromatic ring is 1. The molecule has 0 aromatic carbocycles. The number of pyridine rings is 1. The number of rotatable bonds is 6. The molecule has 2 aromatic heterocycles. The zero-order chi connectivity index (χ0) is 17.3. The van der Waals surface area contributed by atoms with Crippen LogP contribution in [0.1, 0.15) is 22.4 Å². The molecule has 128 valence electrons. The number of nitrogens with zero attached hydrogens (tertiary/aromatic N) is 3. The van der Waals surface area contributed by atoms with Crippen LogP contribution in [-0.2, 0) is 17.7 Å². The van der Waals surface area contributed by atoms with E-state index in [1.165, 1.54) is 0 Å². The standard InChI is InChI=1S/C16H20ClN5O2/c1-8-5-19-12(9(2)13(8)23-3)6-20-16-21-14(17)11(15(18)22-16)4-10-7-24-10/h5,10H,4,6-7H2,1-3H3,(H3,18,20,21,22). The van der Waals surface area contributed by atoms with Crippen molar-refractivity contribution in [1.82, 2.24) is 15.0 Å². The molecule has 1 saturated heterocycles. The molecule has 0 aliphatic carbocycles. The number of anilines is 2. The molecule has 24 heavy (non-hydrogen) atoms. The summed E-state index contributed by atoms with van der Waals surface area (Å²) in [6.45, 7) is 5.11. The molecule has 1 aliphatic rings. The summed E-state index contributed by atoms with van der Waals surface area (Å²) in [6, 6.07) is 0. The van der Waals surface area contributed by atoms with E-state index in [4.69, 9.17) is 26.8 Å². The summed E-state index contributed by atoms with van der Waals surface area (Å²) < 4.78 is 10.6. The van der Waals surface area contributed by atoms with Crippen LogP contribution < -0.4 is 15.8 Å². The first-order chi connectivity index (χ1) is 11.5. The molecule has 7 nitrogen and oxygen atoms in total. The molecule has 1 fully saturated rings. The highest BCUT2D eigenvalue weighted by atomic mass is 35.5. The van der Waals surface area contributed by atoms with Crippen molar-refractivity contribution in [3.05, 3.63) is 33.7 Å². The van der Waals surface area contributed by atoms with Crippen molar-refractivity contribution in [3.63, 3.8) is 0 Å². The predicted octanol–water partition coefficient (Wildman–Crippen LogP) is 2.29. The Balaban J connectivity index is 1.75. The van der Waals surface area contributed by atoms with Gasteiger partial charge in [0.25, 0.3) is 0 Å². The Labute approximate surface area is 145 Å². The number of epoxide rings is 1. The van der Waals surface area contributed by atoms with Crippen LogP contribution in [0.4, 0.5) is 11.8 Å². The van der Waals surface area contributed by atoms with E-state index in [-0.39, 0.29) is 6.10 Å². The molecule has 0 spiro atoms. The van der Waals surface area contributed by atoms with Crippen LogP contribution in [0.2, 0.25) is 5.15 Å². The summed E-state index contributed by atoms with van der Waals surface area (Å²) in [4.78, 5) is 13.0. The largest absolute Gasteiger partial charge is 0.496 e. The number of aryl methyl sites for hydroxylation is 1. The van der Waals surface area contributed by atoms with Gasteiger partial charge in [-0.05, 0) is 13.8 Å². The van der Waals surface area contributed by atoms with Crippen LogP contribution >= 0.6 is 11.6 Å². The average molecular weight is 350 g/mol. The molecular formula is C16H20ClN5O2. The van der Waals surface area contributed by atoms with Gasteiger partial charge in [0.05, 0.1) is 32.1 Å². The number of halogens is 1. The molecule has 8 heteroatoms. The highest BCUT2D eigenvalue weighted by Gasteiger charge is 2.26. The van der Waals surface area contributed by atoms with Gasteiger partial charge in [-0.15, -0.1) is 0 Å². The zero-order valence-electron chi connectivity index (χ0n) is 13.9. The smallest absolute Gasteiger partial charge is 0.226 e. The van der Waals surface area contributed by atoms with Crippen molar-refractivity contribution in [3.8, 4) is 5.75 Å². The van der Waals surface area contributed by atoms with E-state index >= 15 is 0 Å². The van der Waals surface area contributed by atoms with E-state index in [1.54, 1.807) is 13.3 Å². The topological polar surface area (TPSA) is 98.5 Å². The maximum absolute atomic E-state index is 6.23. The fraction of sp³-hybridized carbons (Fsp3) is 0.438. The molecule has 0 radical (unpaired) electrons. The summed E-state index contributed by atoms with van der Waals surface area (Å²) in [6.07, 6.45) is 2.60. The second-order valence-electron chi connectivity index (χ2n) is 5.76. The van der Waals surface area contributed by atoms with Crippen LogP contribution in [0.15, 0.2) is 6.20 Å². The third-order valence-electron chi connectivity index (χ3n) is 3.99. The number of aromatic nitrogens is 3. The van der Waals surface area contributed by atoms with Gasteiger partial charge in [-0.2, -0.15) is 4.98 Å². The summed E-state index contributed by atoms with van der Waals surface area (Å²) in [5.41, 5.74) is 9.55. The quantitative estimate of drug-likeness (QED) is 0.609. The van der Waals surface area contributed by atoms with Gasteiger partial charge in [0.15, 0.2) is 0 Å². The number of nitrogens with two attached hydrogens (primary N) is 1. The van der Waals surface area contributed by atoms with Gasteiger partial charge in [0.1, 0.15) is 16.7 Å². The summed E-state index contributed by atoms with van der Waals surface area (Å²) >= 11 is 6.23. The van der Waals surface area contributed by atoms with Gasteiger partial charge < -0.3 is 20.5 Å². The lowest BCUT2D eigenvalue weighted by Gasteiger charge is -2.13. The summed E-state index contributed by atoms with van der Waals surface area (Å²) in [7, 11) is 1.65. The average Bonchev–Trinajstić information content (AvgIpc) is 3.35. The van der Waals surface area contributed by atoms with Crippen molar-refractivity contribution in [1.29, 1.82) is 0 Å². The molecule has 0 bridgehead atoms. The minimum absolute atomic E-state index is 0.180. The lowest BCUT2D eigenvalue weighted by atomic mass is 10.1. The third kappa shape index (κ3) is 3.52.